The molecular weight excluding hydrogens is 374 g/mol. The van der Waals surface area contributed by atoms with Gasteiger partial charge in [0.05, 0.1) is 23.8 Å². The van der Waals surface area contributed by atoms with E-state index in [0.29, 0.717) is 4.91 Å². The SMILES string of the molecule is C[C@H]1C(Sc2nc(C3=CCNC3)cs2)=C(C(=O)O)N2C(=O)[C@H]([C@@H](C)O)C12. The van der Waals surface area contributed by atoms with E-state index in [4.69, 9.17) is 0 Å². The lowest BCUT2D eigenvalue weighted by Gasteiger charge is -2.46. The lowest BCUT2D eigenvalue weighted by molar-refractivity contribution is -0.163. The zero-order valence-electron chi connectivity index (χ0n) is 14.3. The van der Waals surface area contributed by atoms with Crippen LogP contribution in [0.1, 0.15) is 19.5 Å². The third-order valence-corrected chi connectivity index (χ3v) is 7.35. The van der Waals surface area contributed by atoms with Crippen molar-refractivity contribution in [2.75, 3.05) is 13.1 Å². The molecule has 4 rings (SSSR count). The number of thioether (sulfide) groups is 1. The van der Waals surface area contributed by atoms with Gasteiger partial charge in [-0.05, 0) is 12.5 Å². The number of aliphatic hydroxyl groups excluding tert-OH is 1. The molecule has 1 aromatic rings. The maximum atomic E-state index is 12.4. The Morgan fingerprint density at radius 1 is 1.54 bits per heavy atom. The van der Waals surface area contributed by atoms with E-state index in [1.165, 1.54) is 28.0 Å². The summed E-state index contributed by atoms with van der Waals surface area (Å²) < 4.78 is 0.761. The Bertz CT molecular complexity index is 845. The number of carbonyl (C=O) groups excluding carboxylic acids is 1. The summed E-state index contributed by atoms with van der Waals surface area (Å²) in [6.45, 7) is 5.11. The highest BCUT2D eigenvalue weighted by Gasteiger charge is 2.60. The van der Waals surface area contributed by atoms with Crippen LogP contribution >= 0.6 is 23.1 Å². The largest absolute Gasteiger partial charge is 0.477 e. The Morgan fingerprint density at radius 2 is 2.31 bits per heavy atom. The topological polar surface area (TPSA) is 103 Å². The Labute approximate surface area is 158 Å². The molecule has 138 valence electrons. The van der Waals surface area contributed by atoms with E-state index in [0.717, 1.165) is 28.7 Å². The number of nitrogens with one attached hydrogen (secondary N) is 1. The Hall–Kier alpha value is -1.68. The molecule has 7 nitrogen and oxygen atoms in total. The van der Waals surface area contributed by atoms with Gasteiger partial charge in [-0.1, -0.05) is 24.8 Å². The monoisotopic (exact) mass is 393 g/mol. The Kier molecular flexibility index (Phi) is 4.42. The third kappa shape index (κ3) is 2.61. The normalized spacial score (nSPS) is 28.9. The predicted octanol–water partition coefficient (Wildman–Crippen LogP) is 1.38. The number of aromatic nitrogens is 1. The number of hydrogen-bond acceptors (Lipinski definition) is 7. The van der Waals surface area contributed by atoms with Crippen LogP contribution in [0, 0.1) is 11.8 Å². The molecule has 0 aromatic carbocycles. The second-order valence-corrected chi connectivity index (χ2v) is 8.88. The first-order chi connectivity index (χ1) is 12.4. The van der Waals surface area contributed by atoms with E-state index < -0.39 is 18.0 Å². The van der Waals surface area contributed by atoms with Gasteiger partial charge in [-0.2, -0.15) is 0 Å². The number of aliphatic hydroxyl groups is 1. The average molecular weight is 393 g/mol. The molecule has 1 saturated heterocycles. The van der Waals surface area contributed by atoms with E-state index in [1.54, 1.807) is 6.92 Å². The maximum Gasteiger partial charge on any atom is 0.353 e. The van der Waals surface area contributed by atoms with Gasteiger partial charge in [0.15, 0.2) is 4.34 Å². The molecule has 4 atom stereocenters. The van der Waals surface area contributed by atoms with Crippen LogP contribution in [-0.4, -0.2) is 57.2 Å². The minimum absolute atomic E-state index is 0.0351. The zero-order valence-corrected chi connectivity index (χ0v) is 15.9. The number of rotatable bonds is 5. The van der Waals surface area contributed by atoms with Gasteiger partial charge in [0, 0.05) is 29.3 Å². The number of nitrogens with zero attached hydrogens (tertiary/aromatic N) is 2. The Morgan fingerprint density at radius 3 is 2.92 bits per heavy atom. The highest BCUT2D eigenvalue weighted by atomic mass is 32.2. The van der Waals surface area contributed by atoms with E-state index in [9.17, 15) is 19.8 Å². The van der Waals surface area contributed by atoms with Crippen molar-refractivity contribution in [3.63, 3.8) is 0 Å². The number of fused-ring (bicyclic) bond motifs is 1. The van der Waals surface area contributed by atoms with Crippen molar-refractivity contribution in [3.8, 4) is 0 Å². The number of amides is 1. The van der Waals surface area contributed by atoms with Crippen molar-refractivity contribution in [2.24, 2.45) is 11.8 Å². The lowest BCUT2D eigenvalue weighted by atomic mass is 9.79. The van der Waals surface area contributed by atoms with Crippen molar-refractivity contribution in [1.82, 2.24) is 15.2 Å². The molecule has 3 aliphatic heterocycles. The van der Waals surface area contributed by atoms with E-state index in [1.807, 2.05) is 12.3 Å². The van der Waals surface area contributed by atoms with Crippen LogP contribution in [0.3, 0.4) is 0 Å². The van der Waals surface area contributed by atoms with Crippen LogP contribution in [-0.2, 0) is 9.59 Å². The molecule has 3 aliphatic rings. The molecule has 26 heavy (non-hydrogen) atoms. The third-order valence-electron chi connectivity index (χ3n) is 5.13. The zero-order chi connectivity index (χ0) is 18.6. The highest BCUT2D eigenvalue weighted by molar-refractivity contribution is 8.04. The number of carboxylic acids is 1. The fourth-order valence-corrected chi connectivity index (χ4v) is 5.99. The van der Waals surface area contributed by atoms with Gasteiger partial charge < -0.3 is 20.4 Å². The highest BCUT2D eigenvalue weighted by Crippen LogP contribution is 2.52. The molecule has 9 heteroatoms. The summed E-state index contributed by atoms with van der Waals surface area (Å²) in [6, 6.07) is -0.294. The first-order valence-corrected chi connectivity index (χ1v) is 10.1. The van der Waals surface area contributed by atoms with Gasteiger partial charge in [0.1, 0.15) is 5.70 Å². The van der Waals surface area contributed by atoms with Crippen molar-refractivity contribution in [3.05, 3.63) is 27.8 Å². The molecule has 0 radical (unpaired) electrons. The molecule has 0 spiro atoms. The standard InChI is InChI=1S/C17H19N3O4S2/c1-7-12-11(8(2)21)15(22)20(12)13(16(23)24)14(7)26-17-19-10(6-25-17)9-3-4-18-5-9/h3,6-8,11-12,18,21H,4-5H2,1-2H3,(H,23,24)/t7-,8-,11-,12?/m1/s1. The van der Waals surface area contributed by atoms with Gasteiger partial charge in [-0.3, -0.25) is 4.79 Å². The first-order valence-electron chi connectivity index (χ1n) is 8.42. The number of carbonyl (C=O) groups is 2. The summed E-state index contributed by atoms with van der Waals surface area (Å²) in [5, 5.41) is 24.8. The van der Waals surface area contributed by atoms with E-state index >= 15 is 0 Å². The summed E-state index contributed by atoms with van der Waals surface area (Å²) in [5.41, 5.74) is 2.09. The molecule has 0 aliphatic carbocycles. The minimum Gasteiger partial charge on any atom is -0.477 e. The number of thiazole rings is 1. The number of hydrogen-bond donors (Lipinski definition) is 3. The predicted molar refractivity (Wildman–Crippen MR) is 98.4 cm³/mol. The van der Waals surface area contributed by atoms with Crippen LogP contribution in [0.5, 0.6) is 0 Å². The Balaban J connectivity index is 1.63. The summed E-state index contributed by atoms with van der Waals surface area (Å²) in [7, 11) is 0. The number of β-lactam (4-membered cyclic amide) rings is 1. The smallest absolute Gasteiger partial charge is 0.353 e. The molecule has 0 bridgehead atoms. The van der Waals surface area contributed by atoms with Gasteiger partial charge in [-0.25, -0.2) is 9.78 Å². The summed E-state index contributed by atoms with van der Waals surface area (Å²) >= 11 is 2.79. The summed E-state index contributed by atoms with van der Waals surface area (Å²) in [5.74, 6) is -2.12. The fourth-order valence-electron chi connectivity index (χ4n) is 3.87. The maximum absolute atomic E-state index is 12.4. The number of carboxylic acid groups (broad SMARTS) is 1. The molecule has 1 amide bonds. The van der Waals surface area contributed by atoms with Crippen LogP contribution < -0.4 is 5.32 Å². The summed E-state index contributed by atoms with van der Waals surface area (Å²) in [6.07, 6.45) is 1.31. The molecule has 1 unspecified atom stereocenters. The van der Waals surface area contributed by atoms with E-state index in [-0.39, 0.29) is 23.6 Å². The lowest BCUT2D eigenvalue weighted by Crippen LogP contribution is -2.63. The van der Waals surface area contributed by atoms with Gasteiger partial charge >= 0.3 is 5.97 Å². The molecule has 0 saturated carbocycles. The van der Waals surface area contributed by atoms with Crippen LogP contribution in [0.4, 0.5) is 0 Å². The second kappa shape index (κ2) is 6.49. The van der Waals surface area contributed by atoms with E-state index in [2.05, 4.69) is 16.4 Å². The molecular formula is C17H19N3O4S2. The average Bonchev–Trinajstić information content (AvgIpc) is 3.28. The van der Waals surface area contributed by atoms with Crippen LogP contribution in [0.2, 0.25) is 0 Å². The summed E-state index contributed by atoms with van der Waals surface area (Å²) in [4.78, 5) is 30.8. The molecule has 1 aromatic heterocycles. The first kappa shape index (κ1) is 17.7. The molecule has 1 fully saturated rings. The molecule has 3 N–H and O–H groups in total. The number of aliphatic carboxylic acids is 1. The van der Waals surface area contributed by atoms with Crippen molar-refractivity contribution >= 4 is 40.5 Å². The quantitative estimate of drug-likeness (QED) is 0.650. The van der Waals surface area contributed by atoms with Gasteiger partial charge in [0.2, 0.25) is 5.91 Å². The van der Waals surface area contributed by atoms with Crippen LogP contribution in [0.25, 0.3) is 5.57 Å². The van der Waals surface area contributed by atoms with Crippen molar-refractivity contribution < 1.29 is 19.8 Å². The second-order valence-electron chi connectivity index (χ2n) is 6.73. The van der Waals surface area contributed by atoms with Gasteiger partial charge in [0.25, 0.3) is 0 Å². The van der Waals surface area contributed by atoms with Crippen LogP contribution in [0.15, 0.2) is 26.4 Å². The van der Waals surface area contributed by atoms with Crippen molar-refractivity contribution in [1.29, 1.82) is 0 Å². The van der Waals surface area contributed by atoms with Crippen molar-refractivity contribution in [2.45, 2.75) is 30.3 Å². The minimum atomic E-state index is -1.11. The fraction of sp³-hybridized carbons (Fsp3) is 0.471. The molecule has 4 heterocycles. The van der Waals surface area contributed by atoms with Gasteiger partial charge in [-0.15, -0.1) is 11.3 Å².